The average molecular weight is 556 g/mol. The molecule has 2 heterocycles. The topological polar surface area (TPSA) is 104 Å². The normalized spacial score (nSPS) is 13.7. The molecule has 10 heteroatoms. The Morgan fingerprint density at radius 3 is 2.45 bits per heavy atom. The van der Waals surface area contributed by atoms with Crippen LogP contribution in [0, 0.1) is 0 Å². The molecule has 5 rings (SSSR count). The van der Waals surface area contributed by atoms with Crippen molar-refractivity contribution >= 4 is 67.7 Å². The fraction of sp³-hybridized carbons (Fsp3) is 0.200. The van der Waals surface area contributed by atoms with Crippen molar-refractivity contribution in [3.63, 3.8) is 0 Å². The first-order valence-corrected chi connectivity index (χ1v) is 13.5. The van der Waals surface area contributed by atoms with E-state index in [4.69, 9.17) is 4.74 Å². The van der Waals surface area contributed by atoms with Gasteiger partial charge in [0, 0.05) is 42.5 Å². The van der Waals surface area contributed by atoms with Crippen LogP contribution >= 0.6 is 11.3 Å². The van der Waals surface area contributed by atoms with Crippen LogP contribution in [0.1, 0.15) is 28.4 Å². The molecule has 0 atom stereocenters. The molecule has 40 heavy (non-hydrogen) atoms. The van der Waals surface area contributed by atoms with Gasteiger partial charge in [-0.1, -0.05) is 12.1 Å². The minimum absolute atomic E-state index is 0.0347. The summed E-state index contributed by atoms with van der Waals surface area (Å²) in [7, 11) is 5.26. The van der Waals surface area contributed by atoms with Crippen molar-refractivity contribution in [3.05, 3.63) is 82.9 Å². The van der Waals surface area contributed by atoms with Gasteiger partial charge >= 0.3 is 5.97 Å². The molecule has 0 unspecified atom stereocenters. The number of hydrogen-bond donors (Lipinski definition) is 2. The van der Waals surface area contributed by atoms with Crippen molar-refractivity contribution in [1.29, 1.82) is 0 Å². The quantitative estimate of drug-likeness (QED) is 0.235. The number of anilines is 3. The number of aromatic nitrogens is 1. The van der Waals surface area contributed by atoms with Crippen molar-refractivity contribution in [1.82, 2.24) is 9.88 Å². The Bertz CT molecular complexity index is 1640. The van der Waals surface area contributed by atoms with Crippen molar-refractivity contribution in [3.8, 4) is 0 Å². The van der Waals surface area contributed by atoms with Crippen LogP contribution in [0.25, 0.3) is 21.5 Å². The van der Waals surface area contributed by atoms with Crippen LogP contribution in [0.5, 0.6) is 0 Å². The SMILES string of the molecule is COC(=O)c1ccc2c(c1)NC(=O)/C2=C(\Nc1ccc(N(CCN(C)C)C(C)=O)cc1)c1ccc2scnc2c1. The van der Waals surface area contributed by atoms with Crippen LogP contribution in [-0.2, 0) is 14.3 Å². The van der Waals surface area contributed by atoms with Gasteiger partial charge in [0.05, 0.1) is 45.4 Å². The summed E-state index contributed by atoms with van der Waals surface area (Å²) in [6.45, 7) is 2.87. The summed E-state index contributed by atoms with van der Waals surface area (Å²) >= 11 is 1.55. The molecule has 2 N–H and O–H groups in total. The van der Waals surface area contributed by atoms with E-state index in [-0.39, 0.29) is 11.8 Å². The summed E-state index contributed by atoms with van der Waals surface area (Å²) in [6, 6.07) is 18.4. The predicted octanol–water partition coefficient (Wildman–Crippen LogP) is 4.93. The van der Waals surface area contributed by atoms with Crippen LogP contribution < -0.4 is 15.5 Å². The van der Waals surface area contributed by atoms with Crippen molar-refractivity contribution < 1.29 is 19.1 Å². The van der Waals surface area contributed by atoms with Crippen LogP contribution in [0.3, 0.4) is 0 Å². The smallest absolute Gasteiger partial charge is 0.337 e. The first kappa shape index (κ1) is 27.0. The lowest BCUT2D eigenvalue weighted by molar-refractivity contribution is -0.116. The summed E-state index contributed by atoms with van der Waals surface area (Å²) in [5.41, 5.74) is 7.53. The maximum atomic E-state index is 13.4. The number of carbonyl (C=O) groups excluding carboxylic acids is 3. The fourth-order valence-electron chi connectivity index (χ4n) is 4.60. The number of fused-ring (bicyclic) bond motifs is 2. The first-order chi connectivity index (χ1) is 19.2. The van der Waals surface area contributed by atoms with Crippen LogP contribution in [0.2, 0.25) is 0 Å². The second kappa shape index (κ2) is 11.3. The fourth-order valence-corrected chi connectivity index (χ4v) is 5.25. The molecule has 2 amide bonds. The first-order valence-electron chi connectivity index (χ1n) is 12.7. The number of methoxy groups -OCH3 is 1. The van der Waals surface area contributed by atoms with Crippen LogP contribution in [0.4, 0.5) is 17.1 Å². The molecule has 0 saturated carbocycles. The highest BCUT2D eigenvalue weighted by Gasteiger charge is 2.29. The van der Waals surface area contributed by atoms with Gasteiger partial charge in [0.1, 0.15) is 0 Å². The molecule has 204 valence electrons. The lowest BCUT2D eigenvalue weighted by Crippen LogP contribution is -2.35. The number of esters is 1. The van der Waals surface area contributed by atoms with Gasteiger partial charge in [-0.25, -0.2) is 9.78 Å². The number of benzene rings is 3. The molecule has 0 spiro atoms. The van der Waals surface area contributed by atoms with Crippen LogP contribution in [0.15, 0.2) is 66.2 Å². The van der Waals surface area contributed by atoms with E-state index in [9.17, 15) is 14.4 Å². The van der Waals surface area contributed by atoms with Gasteiger partial charge in [-0.2, -0.15) is 0 Å². The zero-order valence-electron chi connectivity index (χ0n) is 22.6. The van der Waals surface area contributed by atoms with E-state index in [1.165, 1.54) is 7.11 Å². The second-order valence-electron chi connectivity index (χ2n) is 9.64. The number of thiazole rings is 1. The van der Waals surface area contributed by atoms with Crippen molar-refractivity contribution in [2.45, 2.75) is 6.92 Å². The number of rotatable bonds is 8. The Kier molecular flexibility index (Phi) is 7.63. The number of amides is 2. The summed E-state index contributed by atoms with van der Waals surface area (Å²) in [4.78, 5) is 46.0. The van der Waals surface area contributed by atoms with Crippen molar-refractivity contribution in [2.24, 2.45) is 0 Å². The summed E-state index contributed by atoms with van der Waals surface area (Å²) in [6.07, 6.45) is 0. The van der Waals surface area contributed by atoms with E-state index >= 15 is 0 Å². The molecule has 0 fully saturated rings. The zero-order chi connectivity index (χ0) is 28.4. The van der Waals surface area contributed by atoms with Gasteiger partial charge in [-0.05, 0) is 62.6 Å². The third-order valence-electron chi connectivity index (χ3n) is 6.65. The zero-order valence-corrected chi connectivity index (χ0v) is 23.5. The molecule has 0 aliphatic carbocycles. The van der Waals surface area contributed by atoms with Gasteiger partial charge in [-0.3, -0.25) is 9.59 Å². The van der Waals surface area contributed by atoms with Gasteiger partial charge in [-0.15, -0.1) is 11.3 Å². The molecule has 4 aromatic rings. The van der Waals surface area contributed by atoms with E-state index in [0.717, 1.165) is 33.7 Å². The molecule has 1 aromatic heterocycles. The number of nitrogens with one attached hydrogen (secondary N) is 2. The number of carbonyl (C=O) groups is 3. The molecule has 1 aliphatic rings. The predicted molar refractivity (Wildman–Crippen MR) is 159 cm³/mol. The average Bonchev–Trinajstić information content (AvgIpc) is 3.54. The highest BCUT2D eigenvalue weighted by molar-refractivity contribution is 7.16. The number of hydrogen-bond acceptors (Lipinski definition) is 8. The monoisotopic (exact) mass is 555 g/mol. The number of ether oxygens (including phenoxy) is 1. The molecule has 0 bridgehead atoms. The molecular weight excluding hydrogens is 526 g/mol. The van der Waals surface area contributed by atoms with E-state index in [1.807, 2.05) is 61.5 Å². The molecule has 0 saturated heterocycles. The maximum Gasteiger partial charge on any atom is 0.337 e. The van der Waals surface area contributed by atoms with E-state index < -0.39 is 5.97 Å². The molecule has 1 aliphatic heterocycles. The Labute approximate surface area is 236 Å². The molecule has 9 nitrogen and oxygen atoms in total. The molecule has 0 radical (unpaired) electrons. The lowest BCUT2D eigenvalue weighted by atomic mass is 9.98. The number of likely N-dealkylation sites (N-methyl/N-ethyl adjacent to an activating group) is 1. The lowest BCUT2D eigenvalue weighted by Gasteiger charge is -2.23. The highest BCUT2D eigenvalue weighted by Crippen LogP contribution is 2.39. The van der Waals surface area contributed by atoms with Crippen LogP contribution in [-0.4, -0.2) is 62.0 Å². The second-order valence-corrected chi connectivity index (χ2v) is 10.5. The van der Waals surface area contributed by atoms with Gasteiger partial charge in [0.25, 0.3) is 5.91 Å². The maximum absolute atomic E-state index is 13.4. The molecule has 3 aromatic carbocycles. The minimum Gasteiger partial charge on any atom is -0.465 e. The van der Waals surface area contributed by atoms with E-state index in [0.29, 0.717) is 34.6 Å². The minimum atomic E-state index is -0.480. The van der Waals surface area contributed by atoms with E-state index in [1.54, 1.807) is 46.9 Å². The largest absolute Gasteiger partial charge is 0.465 e. The van der Waals surface area contributed by atoms with Gasteiger partial charge < -0.3 is 25.2 Å². The Hall–Kier alpha value is -4.54. The summed E-state index contributed by atoms with van der Waals surface area (Å²) in [5.74, 6) is -0.805. The van der Waals surface area contributed by atoms with Gasteiger partial charge in [0.2, 0.25) is 5.91 Å². The highest BCUT2D eigenvalue weighted by atomic mass is 32.1. The Balaban J connectivity index is 1.56. The Morgan fingerprint density at radius 2 is 1.75 bits per heavy atom. The standard InChI is InChI=1S/C30H29N5O4S/c1-18(36)35(14-13-34(2)3)22-9-7-21(8-10-22)32-28(19-6-12-26-25(15-19)31-17-40-26)27-23-11-5-20(30(38)39-4)16-24(23)33-29(27)37/h5-12,15-17,32H,13-14H2,1-4H3,(H,33,37)/b28-27-. The van der Waals surface area contributed by atoms with E-state index in [2.05, 4.69) is 15.6 Å². The third-order valence-corrected chi connectivity index (χ3v) is 7.46. The van der Waals surface area contributed by atoms with Crippen molar-refractivity contribution in [2.75, 3.05) is 49.8 Å². The Morgan fingerprint density at radius 1 is 1.00 bits per heavy atom. The summed E-state index contributed by atoms with van der Waals surface area (Å²) in [5, 5.41) is 6.34. The third kappa shape index (κ3) is 5.45. The number of nitrogens with zero attached hydrogens (tertiary/aromatic N) is 3. The molecular formula is C30H29N5O4S. The summed E-state index contributed by atoms with van der Waals surface area (Å²) < 4.78 is 5.88. The van der Waals surface area contributed by atoms with Gasteiger partial charge in [0.15, 0.2) is 0 Å².